The van der Waals surface area contributed by atoms with Crippen molar-refractivity contribution in [3.8, 4) is 0 Å². The van der Waals surface area contributed by atoms with E-state index in [-0.39, 0.29) is 17.4 Å². The van der Waals surface area contributed by atoms with Crippen molar-refractivity contribution in [3.63, 3.8) is 0 Å². The monoisotopic (exact) mass is 394 g/mol. The van der Waals surface area contributed by atoms with Gasteiger partial charge in [0.25, 0.3) is 0 Å². The zero-order chi connectivity index (χ0) is 20.4. The van der Waals surface area contributed by atoms with Crippen LogP contribution in [0.1, 0.15) is 38.2 Å². The number of tetrazole rings is 1. The standard InChI is InChI=1S/C22H27FN6/c1-22(2,3)29-21(24-25-26-29)20(18-11-7-8-12-19(18)23)28-15-13-27(14-16-28)17-9-5-4-6-10-17/h4-12,20H,13-16H2,1-3H3/t20-/m0/s1. The van der Waals surface area contributed by atoms with Crippen LogP contribution in [-0.2, 0) is 5.54 Å². The lowest BCUT2D eigenvalue weighted by Crippen LogP contribution is -2.49. The van der Waals surface area contributed by atoms with Crippen LogP contribution in [0.5, 0.6) is 0 Å². The van der Waals surface area contributed by atoms with Crippen LogP contribution in [0.4, 0.5) is 10.1 Å². The third kappa shape index (κ3) is 4.00. The van der Waals surface area contributed by atoms with E-state index in [1.54, 1.807) is 6.07 Å². The molecule has 0 radical (unpaired) electrons. The molecule has 1 aromatic heterocycles. The lowest BCUT2D eigenvalue weighted by Gasteiger charge is -2.40. The number of halogens is 1. The zero-order valence-corrected chi connectivity index (χ0v) is 17.2. The van der Waals surface area contributed by atoms with E-state index >= 15 is 0 Å². The second-order valence-corrected chi connectivity index (χ2v) is 8.40. The van der Waals surface area contributed by atoms with Gasteiger partial charge in [-0.1, -0.05) is 36.4 Å². The number of aromatic nitrogens is 4. The maximum absolute atomic E-state index is 14.8. The first kappa shape index (κ1) is 19.5. The third-order valence-corrected chi connectivity index (χ3v) is 5.37. The molecule has 152 valence electrons. The fourth-order valence-electron chi connectivity index (χ4n) is 3.92. The van der Waals surface area contributed by atoms with E-state index in [4.69, 9.17) is 0 Å². The first-order chi connectivity index (χ1) is 13.9. The number of benzene rings is 2. The highest BCUT2D eigenvalue weighted by Gasteiger charge is 2.34. The molecule has 2 heterocycles. The van der Waals surface area contributed by atoms with Gasteiger partial charge >= 0.3 is 0 Å². The summed E-state index contributed by atoms with van der Waals surface area (Å²) >= 11 is 0. The number of piperazine rings is 1. The van der Waals surface area contributed by atoms with Crippen LogP contribution < -0.4 is 4.90 Å². The van der Waals surface area contributed by atoms with Gasteiger partial charge in [0, 0.05) is 37.4 Å². The van der Waals surface area contributed by atoms with Crippen molar-refractivity contribution in [2.24, 2.45) is 0 Å². The maximum Gasteiger partial charge on any atom is 0.173 e. The molecule has 7 heteroatoms. The Hall–Kier alpha value is -2.80. The van der Waals surface area contributed by atoms with Gasteiger partial charge in [-0.25, -0.2) is 9.07 Å². The Kier molecular flexibility index (Phi) is 5.32. The molecule has 4 rings (SSSR count). The molecule has 3 aromatic rings. The second-order valence-electron chi connectivity index (χ2n) is 8.40. The predicted octanol–water partition coefficient (Wildman–Crippen LogP) is 3.48. The molecule has 2 aromatic carbocycles. The molecular formula is C22H27FN6. The molecule has 0 amide bonds. The van der Waals surface area contributed by atoms with Gasteiger partial charge in [-0.2, -0.15) is 0 Å². The van der Waals surface area contributed by atoms with Gasteiger partial charge in [0.1, 0.15) is 11.9 Å². The molecule has 6 nitrogen and oxygen atoms in total. The predicted molar refractivity (Wildman–Crippen MR) is 111 cm³/mol. The summed E-state index contributed by atoms with van der Waals surface area (Å²) in [5, 5.41) is 12.5. The Bertz CT molecular complexity index is 941. The minimum Gasteiger partial charge on any atom is -0.369 e. The first-order valence-electron chi connectivity index (χ1n) is 10.0. The van der Waals surface area contributed by atoms with Crippen molar-refractivity contribution < 1.29 is 4.39 Å². The Balaban J connectivity index is 1.66. The van der Waals surface area contributed by atoms with Crippen LogP contribution in [0.2, 0.25) is 0 Å². The Morgan fingerprint density at radius 2 is 1.55 bits per heavy atom. The lowest BCUT2D eigenvalue weighted by atomic mass is 10.0. The Labute approximate surface area is 170 Å². The zero-order valence-electron chi connectivity index (χ0n) is 17.2. The fraction of sp³-hybridized carbons (Fsp3) is 0.409. The summed E-state index contributed by atoms with van der Waals surface area (Å²) in [7, 11) is 0. The maximum atomic E-state index is 14.8. The molecule has 29 heavy (non-hydrogen) atoms. The molecule has 1 aliphatic rings. The van der Waals surface area contributed by atoms with E-state index < -0.39 is 0 Å². The molecule has 0 bridgehead atoms. The van der Waals surface area contributed by atoms with E-state index in [0.29, 0.717) is 11.4 Å². The van der Waals surface area contributed by atoms with E-state index in [1.807, 2.05) is 22.9 Å². The number of para-hydroxylation sites is 1. The first-order valence-corrected chi connectivity index (χ1v) is 10.0. The largest absolute Gasteiger partial charge is 0.369 e. The smallest absolute Gasteiger partial charge is 0.173 e. The molecule has 1 saturated heterocycles. The van der Waals surface area contributed by atoms with Gasteiger partial charge in [-0.05, 0) is 49.4 Å². The van der Waals surface area contributed by atoms with Crippen LogP contribution in [0.3, 0.4) is 0 Å². The summed E-state index contributed by atoms with van der Waals surface area (Å²) in [6.07, 6.45) is 0. The number of anilines is 1. The molecule has 0 saturated carbocycles. The highest BCUT2D eigenvalue weighted by atomic mass is 19.1. The minimum atomic E-state index is -0.330. The molecule has 0 unspecified atom stereocenters. The highest BCUT2D eigenvalue weighted by molar-refractivity contribution is 5.46. The Morgan fingerprint density at radius 3 is 2.21 bits per heavy atom. The van der Waals surface area contributed by atoms with Crippen molar-refractivity contribution in [3.05, 3.63) is 71.8 Å². The van der Waals surface area contributed by atoms with Gasteiger partial charge in [0.15, 0.2) is 5.82 Å². The fourth-order valence-corrected chi connectivity index (χ4v) is 3.92. The van der Waals surface area contributed by atoms with Gasteiger partial charge < -0.3 is 4.90 Å². The summed E-state index contributed by atoms with van der Waals surface area (Å²) < 4.78 is 16.7. The van der Waals surface area contributed by atoms with E-state index in [0.717, 1.165) is 26.2 Å². The summed E-state index contributed by atoms with van der Waals surface area (Å²) in [4.78, 5) is 4.65. The van der Waals surface area contributed by atoms with Crippen molar-refractivity contribution in [1.82, 2.24) is 25.1 Å². The summed E-state index contributed by atoms with van der Waals surface area (Å²) in [6.45, 7) is 9.49. The van der Waals surface area contributed by atoms with Gasteiger partial charge in [-0.15, -0.1) is 5.10 Å². The van der Waals surface area contributed by atoms with Crippen molar-refractivity contribution in [1.29, 1.82) is 0 Å². The summed E-state index contributed by atoms with van der Waals surface area (Å²) in [6, 6.07) is 17.0. The van der Waals surface area contributed by atoms with E-state index in [2.05, 4.69) is 70.4 Å². The van der Waals surface area contributed by atoms with Crippen molar-refractivity contribution in [2.75, 3.05) is 31.1 Å². The molecule has 0 spiro atoms. The molecule has 0 N–H and O–H groups in total. The normalized spacial score (nSPS) is 16.8. The molecule has 1 aliphatic heterocycles. The number of nitrogens with zero attached hydrogens (tertiary/aromatic N) is 6. The summed E-state index contributed by atoms with van der Waals surface area (Å²) in [5.41, 5.74) is 1.53. The number of hydrogen-bond donors (Lipinski definition) is 0. The second kappa shape index (κ2) is 7.91. The molecule has 1 atom stereocenters. The van der Waals surface area contributed by atoms with Crippen molar-refractivity contribution in [2.45, 2.75) is 32.4 Å². The molecule has 0 aliphatic carbocycles. The number of rotatable bonds is 4. The lowest BCUT2D eigenvalue weighted by molar-refractivity contribution is 0.188. The highest BCUT2D eigenvalue weighted by Crippen LogP contribution is 2.32. The van der Waals surface area contributed by atoms with Crippen LogP contribution in [0.25, 0.3) is 0 Å². The van der Waals surface area contributed by atoms with E-state index in [9.17, 15) is 4.39 Å². The van der Waals surface area contributed by atoms with Crippen LogP contribution >= 0.6 is 0 Å². The average molecular weight is 394 g/mol. The van der Waals surface area contributed by atoms with Gasteiger partial charge in [-0.3, -0.25) is 4.90 Å². The van der Waals surface area contributed by atoms with Crippen LogP contribution in [-0.4, -0.2) is 51.3 Å². The molecule has 1 fully saturated rings. The topological polar surface area (TPSA) is 50.1 Å². The van der Waals surface area contributed by atoms with Crippen LogP contribution in [0, 0.1) is 5.82 Å². The quantitative estimate of drug-likeness (QED) is 0.678. The molecular weight excluding hydrogens is 367 g/mol. The van der Waals surface area contributed by atoms with Gasteiger partial charge in [0.05, 0.1) is 5.54 Å². The summed E-state index contributed by atoms with van der Waals surface area (Å²) in [5.74, 6) is 0.446. The number of hydrogen-bond acceptors (Lipinski definition) is 5. The minimum absolute atomic E-state index is 0.230. The van der Waals surface area contributed by atoms with Crippen LogP contribution in [0.15, 0.2) is 54.6 Å². The third-order valence-electron chi connectivity index (χ3n) is 5.37. The van der Waals surface area contributed by atoms with Crippen molar-refractivity contribution >= 4 is 5.69 Å². The van der Waals surface area contributed by atoms with Gasteiger partial charge in [0.2, 0.25) is 0 Å². The SMILES string of the molecule is CC(C)(C)n1nnnc1[C@H](c1ccccc1F)N1CCN(c2ccccc2)CC1. The average Bonchev–Trinajstić information content (AvgIpc) is 3.21. The Morgan fingerprint density at radius 1 is 0.897 bits per heavy atom. The van der Waals surface area contributed by atoms with E-state index in [1.165, 1.54) is 11.8 Å².